The first kappa shape index (κ1) is 6.42. The van der Waals surface area contributed by atoms with Crippen LogP contribution in [-0.2, 0) is 4.74 Å². The minimum atomic E-state index is 0.722. The van der Waals surface area contributed by atoms with E-state index in [0.717, 1.165) is 26.3 Å². The summed E-state index contributed by atoms with van der Waals surface area (Å²) in [5.74, 6) is 0. The van der Waals surface area contributed by atoms with Gasteiger partial charge in [-0.1, -0.05) is 0 Å². The molecule has 1 rings (SSSR count). The molecule has 0 saturated heterocycles. The Morgan fingerprint density at radius 1 is 1.00 bits per heavy atom. The predicted molar refractivity (Wildman–Crippen MR) is 37.5 cm³/mol. The van der Waals surface area contributed by atoms with Gasteiger partial charge in [0.25, 0.3) is 0 Å². The highest BCUT2D eigenvalue weighted by Crippen LogP contribution is 1.79. The third-order valence-electron chi connectivity index (χ3n) is 1.01. The third-order valence-corrected chi connectivity index (χ3v) is 1.01. The number of nitrogens with zero attached hydrogens (tertiary/aromatic N) is 2. The summed E-state index contributed by atoms with van der Waals surface area (Å²) in [6, 6.07) is 0. The van der Waals surface area contributed by atoms with Crippen molar-refractivity contribution in [2.24, 2.45) is 9.98 Å². The molecule has 0 radical (unpaired) electrons. The van der Waals surface area contributed by atoms with Crippen molar-refractivity contribution in [2.75, 3.05) is 26.3 Å². The minimum absolute atomic E-state index is 0.722. The van der Waals surface area contributed by atoms with Gasteiger partial charge in [-0.25, -0.2) is 0 Å². The van der Waals surface area contributed by atoms with E-state index in [1.165, 1.54) is 0 Å². The predicted octanol–water partition coefficient (Wildman–Crippen LogP) is 0.158. The van der Waals surface area contributed by atoms with Crippen molar-refractivity contribution in [1.82, 2.24) is 0 Å². The fourth-order valence-corrected chi connectivity index (χ4v) is 0.580. The Hall–Kier alpha value is -0.700. The van der Waals surface area contributed by atoms with Crippen molar-refractivity contribution < 1.29 is 4.74 Å². The van der Waals surface area contributed by atoms with Crippen LogP contribution in [0.3, 0.4) is 0 Å². The van der Waals surface area contributed by atoms with Gasteiger partial charge in [0, 0.05) is 12.4 Å². The lowest BCUT2D eigenvalue weighted by Gasteiger charge is -1.95. The molecule has 0 aromatic carbocycles. The maximum absolute atomic E-state index is 5.13. The number of rotatable bonds is 0. The highest BCUT2D eigenvalue weighted by atomic mass is 16.5. The Morgan fingerprint density at radius 2 is 1.56 bits per heavy atom. The van der Waals surface area contributed by atoms with Gasteiger partial charge < -0.3 is 4.74 Å². The van der Waals surface area contributed by atoms with Crippen LogP contribution in [0.4, 0.5) is 0 Å². The summed E-state index contributed by atoms with van der Waals surface area (Å²) in [7, 11) is 0. The van der Waals surface area contributed by atoms with Gasteiger partial charge in [-0.3, -0.25) is 9.98 Å². The van der Waals surface area contributed by atoms with Crippen molar-refractivity contribution in [3.8, 4) is 0 Å². The molecule has 0 aromatic heterocycles. The number of aliphatic imine (C=N–C) groups is 2. The van der Waals surface area contributed by atoms with Gasteiger partial charge in [0.05, 0.1) is 26.3 Å². The van der Waals surface area contributed by atoms with E-state index >= 15 is 0 Å². The highest BCUT2D eigenvalue weighted by molar-refractivity contribution is 6.15. The summed E-state index contributed by atoms with van der Waals surface area (Å²) < 4.78 is 5.13. The number of hydrogen-bond acceptors (Lipinski definition) is 3. The number of hydrogen-bond donors (Lipinski definition) is 0. The SMILES string of the molecule is C1=NCCOCCN=C1. The Labute approximate surface area is 54.5 Å². The van der Waals surface area contributed by atoms with E-state index in [0.29, 0.717) is 0 Å². The Balaban J connectivity index is 2.28. The lowest BCUT2D eigenvalue weighted by molar-refractivity contribution is 0.150. The second-order valence-electron chi connectivity index (χ2n) is 1.72. The molecule has 0 aliphatic carbocycles. The van der Waals surface area contributed by atoms with Gasteiger partial charge in [-0.15, -0.1) is 0 Å². The molecule has 1 aliphatic heterocycles. The lowest BCUT2D eigenvalue weighted by atomic mass is 10.7. The summed E-state index contributed by atoms with van der Waals surface area (Å²) in [6.07, 6.45) is 3.43. The molecule has 3 heteroatoms. The van der Waals surface area contributed by atoms with Crippen LogP contribution in [0, 0.1) is 0 Å². The van der Waals surface area contributed by atoms with E-state index in [2.05, 4.69) is 9.98 Å². The van der Waals surface area contributed by atoms with E-state index in [1.807, 2.05) is 0 Å². The van der Waals surface area contributed by atoms with Crippen LogP contribution in [0.15, 0.2) is 9.98 Å². The van der Waals surface area contributed by atoms with Crippen LogP contribution < -0.4 is 0 Å². The molecule has 0 saturated carbocycles. The van der Waals surface area contributed by atoms with Crippen LogP contribution in [0.25, 0.3) is 0 Å². The number of ether oxygens (including phenoxy) is 1. The molecule has 0 unspecified atom stereocenters. The first-order valence-electron chi connectivity index (χ1n) is 3.06. The standard InChI is InChI=1S/C6H10N2O/c1-2-8-4-6-9-5-3-7-1/h1-2H,3-6H2. The van der Waals surface area contributed by atoms with Crippen LogP contribution in [-0.4, -0.2) is 38.7 Å². The Bertz CT molecular complexity index is 106. The molecule has 0 fully saturated rings. The summed E-state index contributed by atoms with van der Waals surface area (Å²) in [6.45, 7) is 2.96. The zero-order chi connectivity index (χ0) is 6.36. The zero-order valence-electron chi connectivity index (χ0n) is 5.29. The van der Waals surface area contributed by atoms with E-state index in [-0.39, 0.29) is 0 Å². The first-order chi connectivity index (χ1) is 4.50. The molecule has 1 aliphatic rings. The summed E-state index contributed by atoms with van der Waals surface area (Å²) in [4.78, 5) is 7.98. The fraction of sp³-hybridized carbons (Fsp3) is 0.667. The highest BCUT2D eigenvalue weighted by Gasteiger charge is 1.85. The topological polar surface area (TPSA) is 34.0 Å². The quantitative estimate of drug-likeness (QED) is 0.455. The van der Waals surface area contributed by atoms with Gasteiger partial charge in [-0.2, -0.15) is 0 Å². The molecule has 0 spiro atoms. The second-order valence-corrected chi connectivity index (χ2v) is 1.72. The molecule has 3 nitrogen and oxygen atoms in total. The van der Waals surface area contributed by atoms with Crippen LogP contribution >= 0.6 is 0 Å². The second kappa shape index (κ2) is 4.21. The van der Waals surface area contributed by atoms with E-state index in [1.54, 1.807) is 12.4 Å². The summed E-state index contributed by atoms with van der Waals surface area (Å²) in [5, 5.41) is 0. The monoisotopic (exact) mass is 126 g/mol. The zero-order valence-corrected chi connectivity index (χ0v) is 5.29. The van der Waals surface area contributed by atoms with Crippen molar-refractivity contribution in [2.45, 2.75) is 0 Å². The van der Waals surface area contributed by atoms with Gasteiger partial charge in [-0.05, 0) is 0 Å². The molecule has 0 atom stereocenters. The maximum Gasteiger partial charge on any atom is 0.0662 e. The maximum atomic E-state index is 5.13. The normalized spacial score (nSPS) is 20.4. The van der Waals surface area contributed by atoms with E-state index in [4.69, 9.17) is 4.74 Å². The van der Waals surface area contributed by atoms with Crippen LogP contribution in [0.1, 0.15) is 0 Å². The fourth-order valence-electron chi connectivity index (χ4n) is 0.580. The van der Waals surface area contributed by atoms with Gasteiger partial charge in [0.2, 0.25) is 0 Å². The smallest absolute Gasteiger partial charge is 0.0662 e. The third kappa shape index (κ3) is 2.98. The van der Waals surface area contributed by atoms with Crippen molar-refractivity contribution in [3.63, 3.8) is 0 Å². The molecule has 0 N–H and O–H groups in total. The molecule has 0 amide bonds. The molecule has 50 valence electrons. The Kier molecular flexibility index (Phi) is 3.00. The summed E-state index contributed by atoms with van der Waals surface area (Å²) in [5.41, 5.74) is 0. The van der Waals surface area contributed by atoms with E-state index in [9.17, 15) is 0 Å². The average Bonchev–Trinajstić information content (AvgIpc) is 2.00. The van der Waals surface area contributed by atoms with E-state index < -0.39 is 0 Å². The largest absolute Gasteiger partial charge is 0.378 e. The van der Waals surface area contributed by atoms with Gasteiger partial charge in [0.15, 0.2) is 0 Å². The molecule has 1 heterocycles. The van der Waals surface area contributed by atoms with Crippen molar-refractivity contribution in [1.29, 1.82) is 0 Å². The average molecular weight is 126 g/mol. The molecule has 0 aromatic rings. The molecule has 0 bridgehead atoms. The molecule has 9 heavy (non-hydrogen) atoms. The van der Waals surface area contributed by atoms with Crippen molar-refractivity contribution in [3.05, 3.63) is 0 Å². The van der Waals surface area contributed by atoms with Crippen molar-refractivity contribution >= 4 is 12.4 Å². The Morgan fingerprint density at radius 3 is 2.11 bits per heavy atom. The molecular weight excluding hydrogens is 116 g/mol. The van der Waals surface area contributed by atoms with Crippen LogP contribution in [0.2, 0.25) is 0 Å². The first-order valence-corrected chi connectivity index (χ1v) is 3.06. The van der Waals surface area contributed by atoms with Gasteiger partial charge in [0.1, 0.15) is 0 Å². The lowest BCUT2D eigenvalue weighted by Crippen LogP contribution is -2.00. The minimum Gasteiger partial charge on any atom is -0.378 e. The molecular formula is C6H10N2O. The summed E-state index contributed by atoms with van der Waals surface area (Å²) >= 11 is 0. The van der Waals surface area contributed by atoms with Crippen LogP contribution in [0.5, 0.6) is 0 Å². The van der Waals surface area contributed by atoms with Gasteiger partial charge >= 0.3 is 0 Å².